The van der Waals surface area contributed by atoms with E-state index in [0.29, 0.717) is 41.7 Å². The lowest BCUT2D eigenvalue weighted by atomic mass is 10.2. The predicted octanol–water partition coefficient (Wildman–Crippen LogP) is 3.50. The molecule has 2 aromatic carbocycles. The highest BCUT2D eigenvalue weighted by atomic mass is 35.5. The zero-order valence-electron chi connectivity index (χ0n) is 16.7. The summed E-state index contributed by atoms with van der Waals surface area (Å²) in [7, 11) is 0. The van der Waals surface area contributed by atoms with Crippen LogP contribution in [0.4, 0.5) is 11.4 Å². The van der Waals surface area contributed by atoms with E-state index in [1.165, 1.54) is 0 Å². The molecule has 8 heteroatoms. The Morgan fingerprint density at radius 2 is 2.10 bits per heavy atom. The molecule has 2 amide bonds. The number of benzene rings is 2. The number of aromatic nitrogens is 1. The van der Waals surface area contributed by atoms with E-state index >= 15 is 0 Å². The van der Waals surface area contributed by atoms with E-state index in [1.54, 1.807) is 48.8 Å². The second-order valence-corrected chi connectivity index (χ2v) is 7.48. The third kappa shape index (κ3) is 5.32. The number of nitrogens with one attached hydrogen (secondary N) is 2. The molecule has 4 rings (SSSR count). The van der Waals surface area contributed by atoms with Crippen molar-refractivity contribution in [3.63, 3.8) is 0 Å². The topological polar surface area (TPSA) is 83.6 Å². The molecule has 1 aliphatic heterocycles. The van der Waals surface area contributed by atoms with E-state index in [2.05, 4.69) is 15.6 Å². The van der Waals surface area contributed by atoms with Gasteiger partial charge in [-0.25, -0.2) is 0 Å². The Morgan fingerprint density at radius 3 is 2.87 bits per heavy atom. The number of carbonyl (C=O) groups excluding carboxylic acids is 2. The quantitative estimate of drug-likeness (QED) is 0.618. The molecule has 0 aliphatic carbocycles. The van der Waals surface area contributed by atoms with Gasteiger partial charge in [-0.05, 0) is 42.5 Å². The molecule has 1 fully saturated rings. The van der Waals surface area contributed by atoms with Gasteiger partial charge in [-0.1, -0.05) is 23.7 Å². The molecule has 7 nitrogen and oxygen atoms in total. The van der Waals surface area contributed by atoms with Gasteiger partial charge in [0.2, 0.25) is 5.91 Å². The lowest BCUT2D eigenvalue weighted by molar-refractivity contribution is -0.120. The van der Waals surface area contributed by atoms with Crippen LogP contribution in [0.25, 0.3) is 0 Å². The van der Waals surface area contributed by atoms with Crippen LogP contribution in [0.15, 0.2) is 67.0 Å². The van der Waals surface area contributed by atoms with Crippen LogP contribution < -0.4 is 20.3 Å². The highest BCUT2D eigenvalue weighted by molar-refractivity contribution is 6.33. The van der Waals surface area contributed by atoms with Crippen molar-refractivity contribution in [2.45, 2.75) is 6.61 Å². The first-order valence-electron chi connectivity index (χ1n) is 9.83. The van der Waals surface area contributed by atoms with Gasteiger partial charge in [-0.3, -0.25) is 14.6 Å². The molecule has 0 unspecified atom stereocenters. The minimum atomic E-state index is -0.270. The standard InChI is InChI=1S/C23H21ClN4O3/c24-20-12-18(6-7-21(20)28-10-9-26-22(29)14-28)27-23(30)17-4-1-5-19(11-17)31-15-16-3-2-8-25-13-16/h1-8,11-13H,9-10,14-15H2,(H,26,29)(H,27,30). The average molecular weight is 437 g/mol. The van der Waals surface area contributed by atoms with Crippen LogP contribution in [0.5, 0.6) is 5.75 Å². The van der Waals surface area contributed by atoms with Crippen molar-refractivity contribution in [1.29, 1.82) is 0 Å². The van der Waals surface area contributed by atoms with Gasteiger partial charge in [0.1, 0.15) is 12.4 Å². The van der Waals surface area contributed by atoms with Crippen molar-refractivity contribution in [3.8, 4) is 5.75 Å². The Labute approximate surface area is 185 Å². The predicted molar refractivity (Wildman–Crippen MR) is 120 cm³/mol. The van der Waals surface area contributed by atoms with Gasteiger partial charge in [-0.15, -0.1) is 0 Å². The van der Waals surface area contributed by atoms with Gasteiger partial charge in [0.05, 0.1) is 17.3 Å². The number of rotatable bonds is 6. The smallest absolute Gasteiger partial charge is 0.255 e. The van der Waals surface area contributed by atoms with Crippen LogP contribution in [-0.2, 0) is 11.4 Å². The number of ether oxygens (including phenoxy) is 1. The molecule has 1 saturated heterocycles. The second-order valence-electron chi connectivity index (χ2n) is 7.07. The summed E-state index contributed by atoms with van der Waals surface area (Å²) in [5, 5.41) is 6.11. The lowest BCUT2D eigenvalue weighted by Crippen LogP contribution is -2.47. The van der Waals surface area contributed by atoms with E-state index < -0.39 is 0 Å². The third-order valence-corrected chi connectivity index (χ3v) is 5.11. The van der Waals surface area contributed by atoms with Crippen molar-refractivity contribution >= 4 is 34.8 Å². The molecule has 0 spiro atoms. The number of nitrogens with zero attached hydrogens (tertiary/aromatic N) is 2. The number of hydrogen-bond acceptors (Lipinski definition) is 5. The molecule has 2 heterocycles. The second kappa shape index (κ2) is 9.49. The number of amides is 2. The number of piperazine rings is 1. The minimum Gasteiger partial charge on any atom is -0.489 e. The zero-order valence-corrected chi connectivity index (χ0v) is 17.4. The molecule has 1 aromatic heterocycles. The van der Waals surface area contributed by atoms with Crippen molar-refractivity contribution in [2.24, 2.45) is 0 Å². The first-order valence-corrected chi connectivity index (χ1v) is 10.2. The number of hydrogen-bond donors (Lipinski definition) is 2. The molecule has 1 aliphatic rings. The summed E-state index contributed by atoms with van der Waals surface area (Å²) in [6.45, 7) is 1.89. The molecular formula is C23H21ClN4O3. The van der Waals surface area contributed by atoms with Crippen molar-refractivity contribution in [3.05, 3.63) is 83.1 Å². The first kappa shape index (κ1) is 20.7. The summed E-state index contributed by atoms with van der Waals surface area (Å²) >= 11 is 6.41. The normalized spacial score (nSPS) is 13.5. The summed E-state index contributed by atoms with van der Waals surface area (Å²) in [5.74, 6) is 0.284. The maximum atomic E-state index is 12.7. The molecule has 0 bridgehead atoms. The van der Waals surface area contributed by atoms with Gasteiger partial charge in [0, 0.05) is 42.3 Å². The summed E-state index contributed by atoms with van der Waals surface area (Å²) in [4.78, 5) is 30.3. The SMILES string of the molecule is O=C1CN(c2ccc(NC(=O)c3cccc(OCc4cccnc4)c3)cc2Cl)CCN1. The lowest BCUT2D eigenvalue weighted by Gasteiger charge is -2.29. The van der Waals surface area contributed by atoms with Crippen molar-refractivity contribution < 1.29 is 14.3 Å². The maximum Gasteiger partial charge on any atom is 0.255 e. The van der Waals surface area contributed by atoms with E-state index in [-0.39, 0.29) is 18.4 Å². The fraction of sp³-hybridized carbons (Fsp3) is 0.174. The van der Waals surface area contributed by atoms with Crippen LogP contribution >= 0.6 is 11.6 Å². The third-order valence-electron chi connectivity index (χ3n) is 4.81. The van der Waals surface area contributed by atoms with E-state index in [1.807, 2.05) is 23.1 Å². The summed E-state index contributed by atoms with van der Waals surface area (Å²) < 4.78 is 5.76. The van der Waals surface area contributed by atoms with Gasteiger partial charge < -0.3 is 20.3 Å². The van der Waals surface area contributed by atoms with Gasteiger partial charge in [0.25, 0.3) is 5.91 Å². The van der Waals surface area contributed by atoms with Crippen LogP contribution in [0.2, 0.25) is 5.02 Å². The summed E-state index contributed by atoms with van der Waals surface area (Å²) in [5.41, 5.74) is 2.75. The molecule has 0 saturated carbocycles. The molecule has 3 aromatic rings. The van der Waals surface area contributed by atoms with Crippen molar-refractivity contribution in [2.75, 3.05) is 29.9 Å². The summed E-state index contributed by atoms with van der Waals surface area (Å²) in [6, 6.07) is 16.0. The number of anilines is 2. The Kier molecular flexibility index (Phi) is 6.33. The Hall–Kier alpha value is -3.58. The Morgan fingerprint density at radius 1 is 1.19 bits per heavy atom. The summed E-state index contributed by atoms with van der Waals surface area (Å²) in [6.07, 6.45) is 3.44. The maximum absolute atomic E-state index is 12.7. The highest BCUT2D eigenvalue weighted by Crippen LogP contribution is 2.29. The van der Waals surface area contributed by atoms with E-state index in [9.17, 15) is 9.59 Å². The largest absolute Gasteiger partial charge is 0.489 e. The van der Waals surface area contributed by atoms with Gasteiger partial charge >= 0.3 is 0 Å². The number of pyridine rings is 1. The van der Waals surface area contributed by atoms with E-state index in [4.69, 9.17) is 16.3 Å². The average Bonchev–Trinajstić information content (AvgIpc) is 2.79. The molecule has 31 heavy (non-hydrogen) atoms. The molecule has 0 atom stereocenters. The fourth-order valence-corrected chi connectivity index (χ4v) is 3.57. The minimum absolute atomic E-state index is 0.0367. The van der Waals surface area contributed by atoms with Crippen LogP contribution in [0, 0.1) is 0 Å². The number of carbonyl (C=O) groups is 2. The van der Waals surface area contributed by atoms with Crippen LogP contribution in [-0.4, -0.2) is 36.4 Å². The zero-order chi connectivity index (χ0) is 21.6. The number of halogens is 1. The Balaban J connectivity index is 1.41. The van der Waals surface area contributed by atoms with E-state index in [0.717, 1.165) is 11.3 Å². The molecule has 0 radical (unpaired) electrons. The van der Waals surface area contributed by atoms with Gasteiger partial charge in [0.15, 0.2) is 0 Å². The Bertz CT molecular complexity index is 1090. The monoisotopic (exact) mass is 436 g/mol. The van der Waals surface area contributed by atoms with Gasteiger partial charge in [-0.2, -0.15) is 0 Å². The molecular weight excluding hydrogens is 416 g/mol. The highest BCUT2D eigenvalue weighted by Gasteiger charge is 2.19. The van der Waals surface area contributed by atoms with Crippen molar-refractivity contribution in [1.82, 2.24) is 10.3 Å². The fourth-order valence-electron chi connectivity index (χ4n) is 3.27. The van der Waals surface area contributed by atoms with Crippen LogP contribution in [0.3, 0.4) is 0 Å². The molecule has 158 valence electrons. The first-order chi connectivity index (χ1) is 15.1. The molecule has 2 N–H and O–H groups in total. The van der Waals surface area contributed by atoms with Crippen LogP contribution in [0.1, 0.15) is 15.9 Å².